The molecule has 40 heavy (non-hydrogen) atoms. The van der Waals surface area contributed by atoms with Gasteiger partial charge in [-0.2, -0.15) is 5.10 Å². The third-order valence-corrected chi connectivity index (χ3v) is 8.66. The summed E-state index contributed by atoms with van der Waals surface area (Å²) in [7, 11) is -2.33. The van der Waals surface area contributed by atoms with Gasteiger partial charge in [-0.25, -0.2) is 23.2 Å². The lowest BCUT2D eigenvalue weighted by molar-refractivity contribution is 0.0691. The second-order valence-electron chi connectivity index (χ2n) is 9.84. The summed E-state index contributed by atoms with van der Waals surface area (Å²) in [5.41, 5.74) is 3.67. The van der Waals surface area contributed by atoms with Gasteiger partial charge in [-0.15, -0.1) is 16.5 Å². The molecule has 12 heteroatoms. The Morgan fingerprint density at radius 3 is 2.67 bits per heavy atom. The summed E-state index contributed by atoms with van der Waals surface area (Å²) in [5, 5.41) is 21.6. The average molecular weight is 584 g/mol. The van der Waals surface area contributed by atoms with Crippen molar-refractivity contribution in [1.29, 1.82) is 0 Å². The van der Waals surface area contributed by atoms with Gasteiger partial charge in [0.25, 0.3) is 0 Å². The molecule has 1 aliphatic heterocycles. The number of carboxylic acids is 1. The van der Waals surface area contributed by atoms with Crippen LogP contribution in [-0.2, 0) is 32.8 Å². The standard InChI is InChI=1S/C28H24F2N4O4S2/c29-20-7-6-17(13-18(20)24-2-1-9-38-24)26-19(10-16-5-8-25(40(31)37)21(30)11-16)23(12-15-3-4-15)34(33-26)28-32-22(14-39-28)27(35)36/h2,5-8,11,13-15H,1,3-4,9-10,12H2,(H2,31,37)(H,35,36)/p+1. The van der Waals surface area contributed by atoms with Crippen molar-refractivity contribution in [3.8, 4) is 16.4 Å². The van der Waals surface area contributed by atoms with Crippen molar-refractivity contribution >= 4 is 34.1 Å². The summed E-state index contributed by atoms with van der Waals surface area (Å²) in [6, 6.07) is 9.12. The maximum atomic E-state index is 14.9. The highest BCUT2D eigenvalue weighted by atomic mass is 32.2. The highest BCUT2D eigenvalue weighted by molar-refractivity contribution is 7.82. The molecule has 0 spiro atoms. The number of ether oxygens (including phenoxy) is 1. The quantitative estimate of drug-likeness (QED) is 0.206. The molecule has 2 aromatic carbocycles. The first-order chi connectivity index (χ1) is 19.3. The van der Waals surface area contributed by atoms with Crippen LogP contribution in [0.15, 0.2) is 52.7 Å². The zero-order valence-corrected chi connectivity index (χ0v) is 22.9. The fourth-order valence-corrected chi connectivity index (χ4v) is 6.11. The van der Waals surface area contributed by atoms with Gasteiger partial charge >= 0.3 is 5.97 Å². The van der Waals surface area contributed by atoms with Gasteiger partial charge in [-0.05, 0) is 67.2 Å². The zero-order valence-electron chi connectivity index (χ0n) is 21.1. The van der Waals surface area contributed by atoms with E-state index in [4.69, 9.17) is 15.0 Å². The first-order valence-corrected chi connectivity index (χ1v) is 14.9. The number of rotatable bonds is 9. The number of benzene rings is 2. The normalized spacial score (nSPS) is 15.6. The van der Waals surface area contributed by atoms with Crippen LogP contribution in [-0.4, -0.2) is 32.4 Å². The van der Waals surface area contributed by atoms with Gasteiger partial charge < -0.3 is 9.84 Å². The van der Waals surface area contributed by atoms with Crippen LogP contribution >= 0.6 is 11.3 Å². The van der Waals surface area contributed by atoms with E-state index in [2.05, 4.69) is 4.98 Å². The van der Waals surface area contributed by atoms with Crippen molar-refractivity contribution in [1.82, 2.24) is 14.8 Å². The van der Waals surface area contributed by atoms with Gasteiger partial charge in [0.05, 0.1) is 23.6 Å². The molecule has 1 aliphatic carbocycles. The Labute approximate surface area is 234 Å². The average Bonchev–Trinajstić information content (AvgIpc) is 3.29. The lowest BCUT2D eigenvalue weighted by Gasteiger charge is -2.10. The van der Waals surface area contributed by atoms with Crippen LogP contribution in [0.2, 0.25) is 0 Å². The van der Waals surface area contributed by atoms with Crippen LogP contribution in [0.3, 0.4) is 0 Å². The molecule has 0 radical (unpaired) electrons. The van der Waals surface area contributed by atoms with E-state index >= 15 is 0 Å². The maximum absolute atomic E-state index is 14.9. The number of carbonyl (C=O) groups is 1. The Bertz CT molecular complexity index is 1690. The molecule has 0 saturated heterocycles. The van der Waals surface area contributed by atoms with Crippen LogP contribution in [0.5, 0.6) is 0 Å². The van der Waals surface area contributed by atoms with Crippen LogP contribution in [0.1, 0.15) is 52.1 Å². The smallest absolute Gasteiger partial charge is 0.355 e. The molecule has 0 bridgehead atoms. The van der Waals surface area contributed by atoms with Crippen LogP contribution in [0, 0.1) is 17.6 Å². The summed E-state index contributed by atoms with van der Waals surface area (Å²) < 4.78 is 48.6. The Kier molecular flexibility index (Phi) is 7.07. The fourth-order valence-electron chi connectivity index (χ4n) is 4.84. The number of hydrogen-bond donors (Lipinski definition) is 2. The molecule has 2 aliphatic rings. The van der Waals surface area contributed by atoms with Crippen molar-refractivity contribution in [3.63, 3.8) is 0 Å². The molecule has 206 valence electrons. The molecule has 6 rings (SSSR count). The third-order valence-electron chi connectivity index (χ3n) is 7.00. The first kappa shape index (κ1) is 26.5. The summed E-state index contributed by atoms with van der Waals surface area (Å²) >= 11 is 1.16. The van der Waals surface area contributed by atoms with Crippen molar-refractivity contribution in [3.05, 3.63) is 87.6 Å². The van der Waals surface area contributed by atoms with E-state index in [0.717, 1.165) is 35.4 Å². The molecule has 1 fully saturated rings. The topological polar surface area (TPSA) is 120 Å². The molecule has 1 saturated carbocycles. The van der Waals surface area contributed by atoms with E-state index < -0.39 is 28.6 Å². The molecule has 3 N–H and O–H groups in total. The SMILES string of the molecule is N[SH+](=O)c1ccc(Cc2c(-c3ccc(F)c(C4=CCCO4)c3)nn(-c3nc(C(=O)O)cs3)c2CC2CC2)cc1F. The number of aromatic nitrogens is 3. The number of hydrogen-bond acceptors (Lipinski definition) is 6. The molecule has 3 heterocycles. The number of nitrogens with two attached hydrogens (primary N) is 1. The Hall–Kier alpha value is -3.74. The van der Waals surface area contributed by atoms with Crippen molar-refractivity contribution in [2.75, 3.05) is 6.61 Å². The number of thiazole rings is 1. The van der Waals surface area contributed by atoms with E-state index in [9.17, 15) is 22.9 Å². The van der Waals surface area contributed by atoms with E-state index in [1.807, 2.05) is 6.08 Å². The lowest BCUT2D eigenvalue weighted by Crippen LogP contribution is -2.07. The number of carboxylic acid groups (broad SMARTS) is 1. The third kappa shape index (κ3) is 5.21. The highest BCUT2D eigenvalue weighted by Gasteiger charge is 2.30. The lowest BCUT2D eigenvalue weighted by atomic mass is 9.96. The minimum atomic E-state index is -2.33. The Balaban J connectivity index is 1.53. The van der Waals surface area contributed by atoms with Crippen LogP contribution in [0.25, 0.3) is 22.1 Å². The molecule has 8 nitrogen and oxygen atoms in total. The molecule has 0 amide bonds. The van der Waals surface area contributed by atoms with E-state index in [-0.39, 0.29) is 17.0 Å². The summed E-state index contributed by atoms with van der Waals surface area (Å²) in [5.74, 6) is -1.31. The van der Waals surface area contributed by atoms with Crippen molar-refractivity contribution < 1.29 is 27.6 Å². The number of halogens is 2. The fraction of sp³-hybridized carbons (Fsp3) is 0.250. The highest BCUT2D eigenvalue weighted by Crippen LogP contribution is 2.39. The number of thiol groups is 1. The van der Waals surface area contributed by atoms with Gasteiger partial charge in [0.2, 0.25) is 10.0 Å². The summed E-state index contributed by atoms with van der Waals surface area (Å²) in [6.45, 7) is 0.482. The van der Waals surface area contributed by atoms with Crippen LogP contribution < -0.4 is 5.14 Å². The molecular weight excluding hydrogens is 558 g/mol. The number of aromatic carboxylic acids is 1. The molecule has 4 aromatic rings. The second kappa shape index (κ2) is 10.7. The second-order valence-corrected chi connectivity index (χ2v) is 11.8. The largest absolute Gasteiger partial charge is 0.493 e. The van der Waals surface area contributed by atoms with Gasteiger partial charge in [0.1, 0.15) is 11.6 Å². The van der Waals surface area contributed by atoms with Crippen LogP contribution in [0.4, 0.5) is 8.78 Å². The predicted molar refractivity (Wildman–Crippen MR) is 148 cm³/mol. The summed E-state index contributed by atoms with van der Waals surface area (Å²) in [6.07, 6.45) is 5.58. The molecule has 2 aromatic heterocycles. The van der Waals surface area contributed by atoms with Crippen molar-refractivity contribution in [2.45, 2.75) is 37.0 Å². The monoisotopic (exact) mass is 583 g/mol. The number of nitrogens with zero attached hydrogens (tertiary/aromatic N) is 3. The first-order valence-electron chi connectivity index (χ1n) is 12.7. The van der Waals surface area contributed by atoms with E-state index in [0.29, 0.717) is 58.6 Å². The Morgan fingerprint density at radius 1 is 1.20 bits per heavy atom. The zero-order chi connectivity index (χ0) is 28.0. The van der Waals surface area contributed by atoms with Gasteiger partial charge in [0.15, 0.2) is 22.5 Å². The predicted octanol–water partition coefficient (Wildman–Crippen LogP) is 5.21. The minimum Gasteiger partial charge on any atom is -0.493 e. The molecule has 1 atom stereocenters. The molecule has 1 unspecified atom stereocenters. The maximum Gasteiger partial charge on any atom is 0.355 e. The van der Waals surface area contributed by atoms with E-state index in [1.54, 1.807) is 22.9 Å². The van der Waals surface area contributed by atoms with Gasteiger partial charge in [-0.3, -0.25) is 0 Å². The molecular formula is C28H25F2N4O4S2+. The van der Waals surface area contributed by atoms with E-state index in [1.165, 1.54) is 23.6 Å². The minimum absolute atomic E-state index is 0.0510. The Morgan fingerprint density at radius 2 is 2.02 bits per heavy atom. The van der Waals surface area contributed by atoms with Crippen molar-refractivity contribution in [2.24, 2.45) is 11.1 Å². The summed E-state index contributed by atoms with van der Waals surface area (Å²) in [4.78, 5) is 15.8. The van der Waals surface area contributed by atoms with Gasteiger partial charge in [-0.1, -0.05) is 10.3 Å². The van der Waals surface area contributed by atoms with Gasteiger partial charge in [0, 0.05) is 29.3 Å².